The Kier molecular flexibility index (Phi) is 7.86. The van der Waals surface area contributed by atoms with Gasteiger partial charge in [-0.2, -0.15) is 0 Å². The molecule has 0 amide bonds. The molecule has 2 heteroatoms. The first-order chi connectivity index (χ1) is 9.56. The Morgan fingerprint density at radius 2 is 1.75 bits per heavy atom. The minimum absolute atomic E-state index is 0.438. The van der Waals surface area contributed by atoms with Crippen LogP contribution in [0.2, 0.25) is 0 Å². The molecule has 0 aromatic heterocycles. The molecule has 0 bridgehead atoms. The Hall–Kier alpha value is -0.860. The zero-order chi connectivity index (χ0) is 15.0. The fourth-order valence-electron chi connectivity index (χ4n) is 2.40. The third-order valence-electron chi connectivity index (χ3n) is 3.70. The van der Waals surface area contributed by atoms with Gasteiger partial charge in [0.1, 0.15) is 0 Å². The average Bonchev–Trinajstić information content (AvgIpc) is 2.43. The number of hydrogen-bond acceptors (Lipinski definition) is 2. The van der Waals surface area contributed by atoms with E-state index in [2.05, 4.69) is 69.2 Å². The minimum atomic E-state index is 0.438. The van der Waals surface area contributed by atoms with Crippen molar-refractivity contribution in [3.63, 3.8) is 0 Å². The Balaban J connectivity index is 2.73. The highest BCUT2D eigenvalue weighted by molar-refractivity contribution is 5.25. The smallest absolute Gasteiger partial charge is 0.0449 e. The molecule has 0 spiro atoms. The summed E-state index contributed by atoms with van der Waals surface area (Å²) < 4.78 is 0. The molecule has 1 unspecified atom stereocenters. The topological polar surface area (TPSA) is 15.3 Å². The minimum Gasteiger partial charge on any atom is -0.309 e. The molecule has 0 saturated carbocycles. The quantitative estimate of drug-likeness (QED) is 0.736. The molecular formula is C18H32N2. The number of benzene rings is 1. The van der Waals surface area contributed by atoms with Crippen molar-refractivity contribution in [1.29, 1.82) is 0 Å². The molecule has 0 aliphatic carbocycles. The fraction of sp³-hybridized carbons (Fsp3) is 0.667. The molecule has 1 aromatic rings. The Morgan fingerprint density at radius 1 is 1.10 bits per heavy atom. The van der Waals surface area contributed by atoms with Gasteiger partial charge in [-0.05, 0) is 50.0 Å². The van der Waals surface area contributed by atoms with E-state index in [9.17, 15) is 0 Å². The molecule has 0 heterocycles. The molecule has 20 heavy (non-hydrogen) atoms. The molecule has 1 atom stereocenters. The van der Waals surface area contributed by atoms with Crippen molar-refractivity contribution in [1.82, 2.24) is 10.2 Å². The lowest BCUT2D eigenvalue weighted by molar-refractivity contribution is 0.303. The highest BCUT2D eigenvalue weighted by atomic mass is 15.1. The number of rotatable bonds is 9. The highest BCUT2D eigenvalue weighted by Gasteiger charge is 2.12. The van der Waals surface area contributed by atoms with Gasteiger partial charge in [0, 0.05) is 12.6 Å². The predicted octanol–water partition coefficient (Wildman–Crippen LogP) is 3.88. The van der Waals surface area contributed by atoms with Gasteiger partial charge in [0.25, 0.3) is 0 Å². The van der Waals surface area contributed by atoms with Crippen LogP contribution < -0.4 is 5.32 Å². The molecule has 0 aliphatic rings. The van der Waals surface area contributed by atoms with E-state index < -0.39 is 0 Å². The summed E-state index contributed by atoms with van der Waals surface area (Å²) in [5.74, 6) is 0.723. The first-order valence-corrected chi connectivity index (χ1v) is 8.07. The van der Waals surface area contributed by atoms with Crippen molar-refractivity contribution in [2.24, 2.45) is 5.92 Å². The Morgan fingerprint density at radius 3 is 2.25 bits per heavy atom. The lowest BCUT2D eigenvalue weighted by Crippen LogP contribution is -2.33. The maximum atomic E-state index is 3.67. The molecule has 0 saturated heterocycles. The standard InChI is InChI=1S/C18H32N2/c1-6-12-19-18(14-20(5)7-2)17-10-8-16(9-11-17)13-15(3)4/h8-11,15,18-19H,6-7,12-14H2,1-5H3. The van der Waals surface area contributed by atoms with Crippen molar-refractivity contribution in [2.75, 3.05) is 26.7 Å². The lowest BCUT2D eigenvalue weighted by atomic mass is 9.99. The second-order valence-electron chi connectivity index (χ2n) is 6.20. The number of hydrogen-bond donors (Lipinski definition) is 1. The van der Waals surface area contributed by atoms with Gasteiger partial charge >= 0.3 is 0 Å². The summed E-state index contributed by atoms with van der Waals surface area (Å²) in [6, 6.07) is 9.63. The van der Waals surface area contributed by atoms with E-state index in [-0.39, 0.29) is 0 Å². The van der Waals surface area contributed by atoms with E-state index in [0.29, 0.717) is 6.04 Å². The normalized spacial score (nSPS) is 13.2. The maximum absolute atomic E-state index is 3.67. The largest absolute Gasteiger partial charge is 0.309 e. The molecule has 1 aromatic carbocycles. The molecular weight excluding hydrogens is 244 g/mol. The van der Waals surface area contributed by atoms with Gasteiger partial charge in [-0.25, -0.2) is 0 Å². The van der Waals surface area contributed by atoms with Crippen molar-refractivity contribution in [3.8, 4) is 0 Å². The summed E-state index contributed by atoms with van der Waals surface area (Å²) in [4.78, 5) is 2.37. The van der Waals surface area contributed by atoms with Crippen LogP contribution in [-0.2, 0) is 6.42 Å². The van der Waals surface area contributed by atoms with Gasteiger partial charge in [-0.1, -0.05) is 52.0 Å². The van der Waals surface area contributed by atoms with E-state index >= 15 is 0 Å². The van der Waals surface area contributed by atoms with Crippen molar-refractivity contribution < 1.29 is 0 Å². The fourth-order valence-corrected chi connectivity index (χ4v) is 2.40. The van der Waals surface area contributed by atoms with Crippen LogP contribution in [0.15, 0.2) is 24.3 Å². The van der Waals surface area contributed by atoms with Gasteiger partial charge in [0.05, 0.1) is 0 Å². The van der Waals surface area contributed by atoms with Crippen LogP contribution in [0.5, 0.6) is 0 Å². The van der Waals surface area contributed by atoms with E-state index in [4.69, 9.17) is 0 Å². The van der Waals surface area contributed by atoms with Gasteiger partial charge < -0.3 is 10.2 Å². The second kappa shape index (κ2) is 9.15. The lowest BCUT2D eigenvalue weighted by Gasteiger charge is -2.24. The van der Waals surface area contributed by atoms with Gasteiger partial charge in [0.2, 0.25) is 0 Å². The zero-order valence-corrected chi connectivity index (χ0v) is 13.9. The van der Waals surface area contributed by atoms with Crippen LogP contribution in [0.1, 0.15) is 51.3 Å². The van der Waals surface area contributed by atoms with Crippen LogP contribution in [0.3, 0.4) is 0 Å². The molecule has 0 radical (unpaired) electrons. The third-order valence-corrected chi connectivity index (χ3v) is 3.70. The molecule has 1 rings (SSSR count). The monoisotopic (exact) mass is 276 g/mol. The summed E-state index contributed by atoms with van der Waals surface area (Å²) >= 11 is 0. The number of nitrogens with zero attached hydrogens (tertiary/aromatic N) is 1. The van der Waals surface area contributed by atoms with E-state index in [1.807, 2.05) is 0 Å². The summed E-state index contributed by atoms with van der Waals surface area (Å²) in [5.41, 5.74) is 2.85. The average molecular weight is 276 g/mol. The highest BCUT2D eigenvalue weighted by Crippen LogP contribution is 2.17. The summed E-state index contributed by atoms with van der Waals surface area (Å²) in [6.07, 6.45) is 2.35. The van der Waals surface area contributed by atoms with Gasteiger partial charge in [0.15, 0.2) is 0 Å². The third kappa shape index (κ3) is 6.06. The SMILES string of the molecule is CCCNC(CN(C)CC)c1ccc(CC(C)C)cc1. The van der Waals surface area contributed by atoms with E-state index in [0.717, 1.165) is 25.6 Å². The number of nitrogens with one attached hydrogen (secondary N) is 1. The van der Waals surface area contributed by atoms with Crippen LogP contribution >= 0.6 is 0 Å². The van der Waals surface area contributed by atoms with Crippen LogP contribution in [-0.4, -0.2) is 31.6 Å². The Bertz CT molecular complexity index is 356. The zero-order valence-electron chi connectivity index (χ0n) is 13.9. The Labute approximate surface area is 125 Å². The van der Waals surface area contributed by atoms with Crippen molar-refractivity contribution in [2.45, 2.75) is 46.6 Å². The van der Waals surface area contributed by atoms with Crippen LogP contribution in [0.25, 0.3) is 0 Å². The molecule has 0 aliphatic heterocycles. The van der Waals surface area contributed by atoms with Gasteiger partial charge in [-0.15, -0.1) is 0 Å². The van der Waals surface area contributed by atoms with Crippen LogP contribution in [0, 0.1) is 5.92 Å². The first-order valence-electron chi connectivity index (χ1n) is 8.07. The van der Waals surface area contributed by atoms with Crippen molar-refractivity contribution in [3.05, 3.63) is 35.4 Å². The molecule has 0 fully saturated rings. The number of likely N-dealkylation sites (N-methyl/N-ethyl adjacent to an activating group) is 1. The first kappa shape index (κ1) is 17.2. The van der Waals surface area contributed by atoms with Crippen LogP contribution in [0.4, 0.5) is 0 Å². The summed E-state index contributed by atoms with van der Waals surface area (Å²) in [7, 11) is 2.19. The molecule has 114 valence electrons. The predicted molar refractivity (Wildman–Crippen MR) is 89.2 cm³/mol. The van der Waals surface area contributed by atoms with E-state index in [1.54, 1.807) is 0 Å². The maximum Gasteiger partial charge on any atom is 0.0449 e. The molecule has 2 nitrogen and oxygen atoms in total. The summed E-state index contributed by atoms with van der Waals surface area (Å²) in [6.45, 7) is 12.2. The van der Waals surface area contributed by atoms with Gasteiger partial charge in [-0.3, -0.25) is 0 Å². The van der Waals surface area contributed by atoms with E-state index in [1.165, 1.54) is 24.0 Å². The van der Waals surface area contributed by atoms with Crippen molar-refractivity contribution >= 4 is 0 Å². The summed E-state index contributed by atoms with van der Waals surface area (Å²) in [5, 5.41) is 3.67. The second-order valence-corrected chi connectivity index (χ2v) is 6.20. The molecule has 1 N–H and O–H groups in total.